The Balaban J connectivity index is 1.42. The van der Waals surface area contributed by atoms with Crippen molar-refractivity contribution in [1.29, 1.82) is 0 Å². The molecule has 1 saturated carbocycles. The molecule has 0 saturated heterocycles. The van der Waals surface area contributed by atoms with Crippen LogP contribution in [0.15, 0.2) is 78.9 Å². The van der Waals surface area contributed by atoms with Crippen LogP contribution in [-0.4, -0.2) is 47.3 Å². The highest BCUT2D eigenvalue weighted by molar-refractivity contribution is 6.34. The predicted molar refractivity (Wildman–Crippen MR) is 166 cm³/mol. The Labute approximate surface area is 265 Å². The highest BCUT2D eigenvalue weighted by Crippen LogP contribution is 2.39. The Hall–Kier alpha value is -4.28. The number of unbranched alkanes of at least 4 members (excludes halogenated alkanes) is 1. The summed E-state index contributed by atoms with van der Waals surface area (Å²) in [5.74, 6) is -2.45. The van der Waals surface area contributed by atoms with Gasteiger partial charge in [0.25, 0.3) is 5.78 Å². The van der Waals surface area contributed by atoms with Crippen LogP contribution in [-0.2, 0) is 14.4 Å². The predicted octanol–water partition coefficient (Wildman–Crippen LogP) is 7.34. The van der Waals surface area contributed by atoms with Gasteiger partial charge in [-0.15, -0.1) is 0 Å². The molecule has 1 fully saturated rings. The Morgan fingerprint density at radius 1 is 0.717 bits per heavy atom. The van der Waals surface area contributed by atoms with Crippen molar-refractivity contribution in [2.45, 2.75) is 63.5 Å². The first-order valence-corrected chi connectivity index (χ1v) is 15.2. The van der Waals surface area contributed by atoms with Crippen molar-refractivity contribution in [1.82, 2.24) is 0 Å². The molecule has 0 unspecified atom stereocenters. The van der Waals surface area contributed by atoms with Gasteiger partial charge in [0.05, 0.1) is 12.2 Å². The van der Waals surface area contributed by atoms with Crippen LogP contribution in [0.4, 0.5) is 13.2 Å². The number of Topliss-reactive ketones (excluding diaryl/α,β-unsaturated/α-hetero) is 1. The van der Waals surface area contributed by atoms with Crippen molar-refractivity contribution in [3.8, 4) is 33.8 Å². The van der Waals surface area contributed by atoms with Crippen molar-refractivity contribution >= 4 is 17.7 Å². The van der Waals surface area contributed by atoms with E-state index in [9.17, 15) is 32.7 Å². The van der Waals surface area contributed by atoms with Crippen LogP contribution < -0.4 is 9.47 Å². The van der Waals surface area contributed by atoms with Gasteiger partial charge in [-0.2, -0.15) is 13.2 Å². The number of benzene rings is 3. The van der Waals surface area contributed by atoms with Gasteiger partial charge in [0, 0.05) is 12.5 Å². The summed E-state index contributed by atoms with van der Waals surface area (Å²) in [6, 6.07) is 20.2. The van der Waals surface area contributed by atoms with Gasteiger partial charge < -0.3 is 19.7 Å². The van der Waals surface area contributed by atoms with E-state index in [1.165, 1.54) is 23.8 Å². The van der Waals surface area contributed by atoms with E-state index in [0.717, 1.165) is 43.2 Å². The number of halogens is 3. The molecule has 0 spiro atoms. The van der Waals surface area contributed by atoms with E-state index < -0.39 is 43.5 Å². The molecular weight excluding hydrogens is 601 g/mol. The molecule has 0 radical (unpaired) electrons. The van der Waals surface area contributed by atoms with Gasteiger partial charge in [-0.1, -0.05) is 68.0 Å². The Morgan fingerprint density at radius 3 is 1.76 bits per heavy atom. The van der Waals surface area contributed by atoms with E-state index in [1.54, 1.807) is 0 Å². The molecule has 4 rings (SSSR count). The molecule has 244 valence electrons. The van der Waals surface area contributed by atoms with Crippen LogP contribution in [0.2, 0.25) is 0 Å². The number of carbonyl (C=O) groups is 3. The number of ether oxygens (including phenoxy) is 2. The first kappa shape index (κ1) is 34.6. The lowest BCUT2D eigenvalue weighted by Crippen LogP contribution is -2.23. The lowest BCUT2D eigenvalue weighted by molar-refractivity contribution is -0.148. The molecular formula is C36H37F3O7. The zero-order valence-corrected chi connectivity index (χ0v) is 25.4. The maximum Gasteiger partial charge on any atom is 0.389 e. The van der Waals surface area contributed by atoms with Crippen LogP contribution in [0, 0.1) is 5.92 Å². The molecule has 7 nitrogen and oxygen atoms in total. The third-order valence-corrected chi connectivity index (χ3v) is 8.25. The largest absolute Gasteiger partial charge is 0.423 e. The fraction of sp³-hybridized carbons (Fsp3) is 0.361. The summed E-state index contributed by atoms with van der Waals surface area (Å²) < 4.78 is 47.5. The Morgan fingerprint density at radius 2 is 1.24 bits per heavy atom. The summed E-state index contributed by atoms with van der Waals surface area (Å²) >= 11 is 0. The van der Waals surface area contributed by atoms with Crippen LogP contribution in [0.5, 0.6) is 11.5 Å². The molecule has 3 aromatic rings. The van der Waals surface area contributed by atoms with Crippen LogP contribution in [0.3, 0.4) is 0 Å². The second-order valence-electron chi connectivity index (χ2n) is 11.6. The molecule has 0 heterocycles. The van der Waals surface area contributed by atoms with Crippen LogP contribution in [0.25, 0.3) is 22.3 Å². The zero-order valence-electron chi connectivity index (χ0n) is 25.4. The number of aliphatic hydroxyl groups is 2. The van der Waals surface area contributed by atoms with Crippen molar-refractivity contribution < 1.29 is 47.2 Å². The molecule has 10 heteroatoms. The SMILES string of the molecule is C=C(CO)C(=O)Oc1cc(OC(=O)C(=O)CO)cc(-c2ccc(-c3ccc(C4CCC(CCCCC(F)(F)F)CC4)cc3)cc2)c1. The number of carbonyl (C=O) groups excluding carboxylic acids is 3. The summed E-state index contributed by atoms with van der Waals surface area (Å²) in [6.07, 6.45) is 1.07. The Bertz CT molecular complexity index is 1470. The van der Waals surface area contributed by atoms with E-state index in [1.807, 2.05) is 24.3 Å². The van der Waals surface area contributed by atoms with E-state index in [-0.39, 0.29) is 23.5 Å². The molecule has 0 bridgehead atoms. The summed E-state index contributed by atoms with van der Waals surface area (Å²) in [5.41, 5.74) is 4.25. The van der Waals surface area contributed by atoms with Gasteiger partial charge in [0.1, 0.15) is 18.1 Å². The standard InChI is InChI=1S/C36H37F3O7/c1-23(21-40)34(43)45-31-18-30(19-32(20-31)46-35(44)33(42)22-41)29-15-13-28(14-16-29)27-11-9-26(10-12-27)25-7-5-24(6-8-25)4-2-3-17-36(37,38)39/h9-16,18-20,24-25,40-41H,1-8,17,21-22H2. The average molecular weight is 639 g/mol. The number of ketones is 1. The van der Waals surface area contributed by atoms with E-state index in [0.29, 0.717) is 29.4 Å². The summed E-state index contributed by atoms with van der Waals surface area (Å²) in [5, 5.41) is 18.1. The lowest BCUT2D eigenvalue weighted by atomic mass is 9.77. The smallest absolute Gasteiger partial charge is 0.389 e. The first-order valence-electron chi connectivity index (χ1n) is 15.2. The highest BCUT2D eigenvalue weighted by Gasteiger charge is 2.27. The number of hydrogen-bond donors (Lipinski definition) is 2. The fourth-order valence-electron chi connectivity index (χ4n) is 5.67. The van der Waals surface area contributed by atoms with E-state index in [2.05, 4.69) is 30.8 Å². The van der Waals surface area contributed by atoms with Gasteiger partial charge in [-0.3, -0.25) is 4.79 Å². The zero-order chi connectivity index (χ0) is 33.3. The van der Waals surface area contributed by atoms with Crippen molar-refractivity contribution in [3.05, 3.63) is 84.4 Å². The van der Waals surface area contributed by atoms with Gasteiger partial charge in [0.15, 0.2) is 0 Å². The lowest BCUT2D eigenvalue weighted by Gasteiger charge is -2.29. The summed E-state index contributed by atoms with van der Waals surface area (Å²) in [7, 11) is 0. The second-order valence-corrected chi connectivity index (χ2v) is 11.6. The van der Waals surface area contributed by atoms with Crippen LogP contribution >= 0.6 is 0 Å². The fourth-order valence-corrected chi connectivity index (χ4v) is 5.67. The molecule has 1 aliphatic rings. The topological polar surface area (TPSA) is 110 Å². The highest BCUT2D eigenvalue weighted by atomic mass is 19.4. The minimum atomic E-state index is -4.07. The van der Waals surface area contributed by atoms with E-state index in [4.69, 9.17) is 14.6 Å². The maximum absolute atomic E-state index is 12.4. The number of hydrogen-bond acceptors (Lipinski definition) is 7. The third kappa shape index (κ3) is 9.86. The molecule has 2 N–H and O–H groups in total. The Kier molecular flexibility index (Phi) is 11.9. The molecule has 46 heavy (non-hydrogen) atoms. The van der Waals surface area contributed by atoms with Crippen molar-refractivity contribution in [2.24, 2.45) is 5.92 Å². The summed E-state index contributed by atoms with van der Waals surface area (Å²) in [4.78, 5) is 35.7. The second kappa shape index (κ2) is 15.8. The molecule has 1 aliphatic carbocycles. The number of rotatable bonds is 13. The molecule has 0 atom stereocenters. The van der Waals surface area contributed by atoms with Gasteiger partial charge in [-0.05, 0) is 83.9 Å². The third-order valence-electron chi connectivity index (χ3n) is 8.25. The van der Waals surface area contributed by atoms with Crippen molar-refractivity contribution in [2.75, 3.05) is 13.2 Å². The number of aliphatic hydroxyl groups excluding tert-OH is 2. The van der Waals surface area contributed by atoms with Crippen molar-refractivity contribution in [3.63, 3.8) is 0 Å². The maximum atomic E-state index is 12.4. The molecule has 0 aliphatic heterocycles. The number of esters is 2. The number of alkyl halides is 3. The first-order chi connectivity index (χ1) is 22.0. The van der Waals surface area contributed by atoms with Gasteiger partial charge in [-0.25, -0.2) is 9.59 Å². The van der Waals surface area contributed by atoms with Gasteiger partial charge in [0.2, 0.25) is 0 Å². The minimum Gasteiger partial charge on any atom is -0.423 e. The van der Waals surface area contributed by atoms with Crippen LogP contribution in [0.1, 0.15) is 62.8 Å². The monoisotopic (exact) mass is 638 g/mol. The molecule has 0 amide bonds. The molecule has 3 aromatic carbocycles. The normalized spacial score (nSPS) is 16.5. The quantitative estimate of drug-likeness (QED) is 0.0663. The summed E-state index contributed by atoms with van der Waals surface area (Å²) in [6.45, 7) is 1.81. The van der Waals surface area contributed by atoms with E-state index >= 15 is 0 Å². The average Bonchev–Trinajstić information content (AvgIpc) is 3.05. The van der Waals surface area contributed by atoms with Gasteiger partial charge >= 0.3 is 18.1 Å². The minimum absolute atomic E-state index is 0.00787. The molecule has 0 aromatic heterocycles.